The van der Waals surface area contributed by atoms with E-state index in [0.29, 0.717) is 5.92 Å². The third-order valence-corrected chi connectivity index (χ3v) is 3.84. The summed E-state index contributed by atoms with van der Waals surface area (Å²) in [5, 5.41) is 0. The van der Waals surface area contributed by atoms with Crippen LogP contribution in [0.3, 0.4) is 0 Å². The summed E-state index contributed by atoms with van der Waals surface area (Å²) in [6, 6.07) is 2.17. The molecule has 0 saturated heterocycles. The van der Waals surface area contributed by atoms with Gasteiger partial charge in [-0.05, 0) is 67.9 Å². The van der Waals surface area contributed by atoms with Crippen LogP contribution >= 0.6 is 0 Å². The van der Waals surface area contributed by atoms with E-state index in [4.69, 9.17) is 11.2 Å². The van der Waals surface area contributed by atoms with Crippen LogP contribution in [-0.2, 0) is 0 Å². The van der Waals surface area contributed by atoms with Gasteiger partial charge in [0.25, 0.3) is 0 Å². The van der Waals surface area contributed by atoms with E-state index in [1.807, 2.05) is 0 Å². The fraction of sp³-hybridized carbons (Fsp3) is 0.556. The maximum absolute atomic E-state index is 5.84. The average molecular weight is 258 g/mol. The van der Waals surface area contributed by atoms with Gasteiger partial charge in [-0.2, -0.15) is 0 Å². The summed E-state index contributed by atoms with van der Waals surface area (Å²) in [6.45, 7) is 11.6. The lowest BCUT2D eigenvalue weighted by atomic mass is 9.85. The van der Waals surface area contributed by atoms with Gasteiger partial charge in [0, 0.05) is 6.42 Å². The summed E-state index contributed by atoms with van der Waals surface area (Å²) in [4.78, 5) is 0. The zero-order valence-electron chi connectivity index (χ0n) is 13.0. The molecule has 1 unspecified atom stereocenters. The highest BCUT2D eigenvalue weighted by Crippen LogP contribution is 2.35. The molecule has 0 aromatic heterocycles. The van der Waals surface area contributed by atoms with Crippen LogP contribution in [0.1, 0.15) is 61.3 Å². The van der Waals surface area contributed by atoms with E-state index in [9.17, 15) is 0 Å². The summed E-state index contributed by atoms with van der Waals surface area (Å²) in [5.74, 6) is 4.29. The molecular weight excluding hydrogens is 232 g/mol. The highest BCUT2D eigenvalue weighted by Gasteiger charge is 2.17. The van der Waals surface area contributed by atoms with Gasteiger partial charge in [-0.25, -0.2) is 0 Å². The second kappa shape index (κ2) is 7.24. The van der Waals surface area contributed by atoms with Gasteiger partial charge in [0.1, 0.15) is 5.75 Å². The minimum atomic E-state index is 0.462. The zero-order valence-corrected chi connectivity index (χ0v) is 13.0. The van der Waals surface area contributed by atoms with E-state index in [2.05, 4.69) is 46.6 Å². The first-order valence-corrected chi connectivity index (χ1v) is 7.23. The standard InChI is InChI=1S/C18H26O/c1-7-10-16(9-3)18-13(4)12-17(19-11-8-2)14(5)15(18)6/h1,12,16H,8-11H2,2-6H3. The van der Waals surface area contributed by atoms with E-state index < -0.39 is 0 Å². The predicted molar refractivity (Wildman–Crippen MR) is 82.9 cm³/mol. The van der Waals surface area contributed by atoms with Crippen molar-refractivity contribution in [2.45, 2.75) is 59.8 Å². The molecule has 1 aromatic carbocycles. The number of rotatable bonds is 6. The topological polar surface area (TPSA) is 9.23 Å². The van der Waals surface area contributed by atoms with Crippen LogP contribution in [0, 0.1) is 33.1 Å². The van der Waals surface area contributed by atoms with Crippen LogP contribution < -0.4 is 4.74 Å². The van der Waals surface area contributed by atoms with Crippen molar-refractivity contribution in [3.05, 3.63) is 28.3 Å². The maximum atomic E-state index is 5.84. The Labute approximate surface area is 118 Å². The largest absolute Gasteiger partial charge is 0.493 e. The van der Waals surface area contributed by atoms with Crippen molar-refractivity contribution < 1.29 is 4.74 Å². The Morgan fingerprint density at radius 2 is 1.89 bits per heavy atom. The molecule has 1 heteroatoms. The van der Waals surface area contributed by atoms with Gasteiger partial charge in [0.15, 0.2) is 0 Å². The third-order valence-electron chi connectivity index (χ3n) is 3.84. The predicted octanol–water partition coefficient (Wildman–Crippen LogP) is 4.92. The molecule has 1 aromatic rings. The molecule has 1 atom stereocenters. The molecule has 0 fully saturated rings. The van der Waals surface area contributed by atoms with E-state index in [1.165, 1.54) is 22.3 Å². The number of benzene rings is 1. The van der Waals surface area contributed by atoms with Crippen molar-refractivity contribution in [1.82, 2.24) is 0 Å². The van der Waals surface area contributed by atoms with Gasteiger partial charge in [0.2, 0.25) is 0 Å². The summed E-state index contributed by atoms with van der Waals surface area (Å²) >= 11 is 0. The highest BCUT2D eigenvalue weighted by atomic mass is 16.5. The van der Waals surface area contributed by atoms with Crippen LogP contribution in [0.25, 0.3) is 0 Å². The van der Waals surface area contributed by atoms with Crippen molar-refractivity contribution in [2.24, 2.45) is 0 Å². The number of terminal acetylenes is 1. The first-order chi connectivity index (χ1) is 9.06. The van der Waals surface area contributed by atoms with Gasteiger partial charge < -0.3 is 4.74 Å². The number of aryl methyl sites for hydroxylation is 1. The average Bonchev–Trinajstić information content (AvgIpc) is 2.40. The minimum absolute atomic E-state index is 0.462. The summed E-state index contributed by atoms with van der Waals surface area (Å²) in [6.07, 6.45) is 8.43. The Kier molecular flexibility index (Phi) is 5.96. The van der Waals surface area contributed by atoms with Crippen LogP contribution in [0.15, 0.2) is 6.07 Å². The van der Waals surface area contributed by atoms with Crippen LogP contribution in [0.5, 0.6) is 5.75 Å². The molecule has 0 spiro atoms. The molecule has 104 valence electrons. The second-order valence-corrected chi connectivity index (χ2v) is 5.22. The fourth-order valence-corrected chi connectivity index (χ4v) is 2.65. The normalized spacial score (nSPS) is 12.0. The van der Waals surface area contributed by atoms with Gasteiger partial charge in [-0.1, -0.05) is 13.8 Å². The maximum Gasteiger partial charge on any atom is 0.122 e. The molecule has 1 nitrogen and oxygen atoms in total. The van der Waals surface area contributed by atoms with Crippen molar-refractivity contribution >= 4 is 0 Å². The van der Waals surface area contributed by atoms with Gasteiger partial charge in [0.05, 0.1) is 6.61 Å². The van der Waals surface area contributed by atoms with Gasteiger partial charge in [-0.3, -0.25) is 0 Å². The molecule has 0 bridgehead atoms. The molecule has 0 N–H and O–H groups in total. The summed E-state index contributed by atoms with van der Waals surface area (Å²) < 4.78 is 5.84. The smallest absolute Gasteiger partial charge is 0.122 e. The second-order valence-electron chi connectivity index (χ2n) is 5.22. The molecule has 0 aliphatic carbocycles. The first kappa shape index (κ1) is 15.6. The molecule has 0 amide bonds. The lowest BCUT2D eigenvalue weighted by Gasteiger charge is -2.22. The SMILES string of the molecule is C#CCC(CC)c1c(C)cc(OCCC)c(C)c1C. The molecule has 1 rings (SSSR count). The van der Waals surface area contributed by atoms with E-state index >= 15 is 0 Å². The van der Waals surface area contributed by atoms with E-state index in [-0.39, 0.29) is 0 Å². The molecule has 0 radical (unpaired) electrons. The molecule has 0 saturated carbocycles. The monoisotopic (exact) mass is 258 g/mol. The Hall–Kier alpha value is -1.42. The molecule has 0 aliphatic heterocycles. The number of ether oxygens (including phenoxy) is 1. The fourth-order valence-electron chi connectivity index (χ4n) is 2.65. The van der Waals surface area contributed by atoms with Crippen LogP contribution in [0.4, 0.5) is 0 Å². The first-order valence-electron chi connectivity index (χ1n) is 7.23. The van der Waals surface area contributed by atoms with E-state index in [1.54, 1.807) is 0 Å². The van der Waals surface area contributed by atoms with Crippen LogP contribution in [0.2, 0.25) is 0 Å². The molecule has 0 heterocycles. The lowest BCUT2D eigenvalue weighted by Crippen LogP contribution is -2.06. The lowest BCUT2D eigenvalue weighted by molar-refractivity contribution is 0.314. The number of hydrogen-bond acceptors (Lipinski definition) is 1. The van der Waals surface area contributed by atoms with Crippen molar-refractivity contribution in [2.75, 3.05) is 6.61 Å². The van der Waals surface area contributed by atoms with Crippen LogP contribution in [-0.4, -0.2) is 6.61 Å². The Bertz CT molecular complexity index is 466. The Morgan fingerprint density at radius 1 is 1.21 bits per heavy atom. The Morgan fingerprint density at radius 3 is 2.42 bits per heavy atom. The summed E-state index contributed by atoms with van der Waals surface area (Å²) in [5.41, 5.74) is 5.32. The quantitative estimate of drug-likeness (QED) is 0.658. The zero-order chi connectivity index (χ0) is 14.4. The van der Waals surface area contributed by atoms with Gasteiger partial charge in [-0.15, -0.1) is 12.3 Å². The Balaban J connectivity index is 3.21. The molecule has 0 aliphatic rings. The minimum Gasteiger partial charge on any atom is -0.493 e. The van der Waals surface area contributed by atoms with Crippen molar-refractivity contribution in [3.8, 4) is 18.1 Å². The third kappa shape index (κ3) is 3.53. The number of hydrogen-bond donors (Lipinski definition) is 0. The molecular formula is C18H26O. The summed E-state index contributed by atoms with van der Waals surface area (Å²) in [7, 11) is 0. The van der Waals surface area contributed by atoms with Crippen molar-refractivity contribution in [3.63, 3.8) is 0 Å². The highest BCUT2D eigenvalue weighted by molar-refractivity contribution is 5.49. The van der Waals surface area contributed by atoms with Crippen molar-refractivity contribution in [1.29, 1.82) is 0 Å². The molecule has 19 heavy (non-hydrogen) atoms. The van der Waals surface area contributed by atoms with Gasteiger partial charge >= 0.3 is 0 Å². The van der Waals surface area contributed by atoms with E-state index in [0.717, 1.165) is 31.6 Å².